The van der Waals surface area contributed by atoms with Crippen LogP contribution >= 0.6 is 27.5 Å². The van der Waals surface area contributed by atoms with Gasteiger partial charge >= 0.3 is 0 Å². The van der Waals surface area contributed by atoms with Crippen LogP contribution in [0.2, 0.25) is 5.02 Å². The van der Waals surface area contributed by atoms with E-state index in [2.05, 4.69) is 20.7 Å². The van der Waals surface area contributed by atoms with Gasteiger partial charge in [0.2, 0.25) is 10.0 Å². The van der Waals surface area contributed by atoms with E-state index in [1.807, 2.05) is 0 Å². The molecule has 0 aliphatic heterocycles. The molecule has 0 unspecified atom stereocenters. The lowest BCUT2D eigenvalue weighted by atomic mass is 10.2. The SMILES string of the molecule is O=S(=O)(NCc1cccc(Cl)c1)c1ccc(F)cc1Br. The molecule has 2 aromatic carbocycles. The number of hydrogen-bond donors (Lipinski definition) is 1. The van der Waals surface area contributed by atoms with Gasteiger partial charge in [0.25, 0.3) is 0 Å². The first-order chi connectivity index (χ1) is 9.38. The van der Waals surface area contributed by atoms with Gasteiger partial charge < -0.3 is 0 Å². The van der Waals surface area contributed by atoms with Crippen molar-refractivity contribution < 1.29 is 12.8 Å². The molecule has 0 fully saturated rings. The molecule has 1 N–H and O–H groups in total. The smallest absolute Gasteiger partial charge is 0.207 e. The molecule has 7 heteroatoms. The zero-order valence-electron chi connectivity index (χ0n) is 10.1. The third-order valence-electron chi connectivity index (χ3n) is 2.54. The van der Waals surface area contributed by atoms with E-state index in [1.165, 1.54) is 6.07 Å². The number of halogens is 3. The van der Waals surface area contributed by atoms with Crippen molar-refractivity contribution >= 4 is 37.6 Å². The number of rotatable bonds is 4. The summed E-state index contributed by atoms with van der Waals surface area (Å²) in [5, 5.41) is 0.532. The van der Waals surface area contributed by atoms with Crippen molar-refractivity contribution in [2.45, 2.75) is 11.4 Å². The third kappa shape index (κ3) is 3.79. The van der Waals surface area contributed by atoms with E-state index in [9.17, 15) is 12.8 Å². The number of benzene rings is 2. The summed E-state index contributed by atoms with van der Waals surface area (Å²) >= 11 is 8.87. The average molecular weight is 379 g/mol. The van der Waals surface area contributed by atoms with Crippen LogP contribution in [0.15, 0.2) is 51.8 Å². The van der Waals surface area contributed by atoms with Crippen molar-refractivity contribution in [3.05, 3.63) is 63.3 Å². The van der Waals surface area contributed by atoms with Crippen LogP contribution in [0, 0.1) is 5.82 Å². The van der Waals surface area contributed by atoms with Crippen molar-refractivity contribution in [3.63, 3.8) is 0 Å². The van der Waals surface area contributed by atoms with E-state index in [1.54, 1.807) is 24.3 Å². The predicted octanol–water partition coefficient (Wildman–Crippen LogP) is 3.72. The fourth-order valence-corrected chi connectivity index (χ4v) is 3.87. The first-order valence-corrected chi connectivity index (χ1v) is 8.23. The number of sulfonamides is 1. The minimum atomic E-state index is -3.73. The second-order valence-electron chi connectivity index (χ2n) is 4.03. The Bertz CT molecular complexity index is 737. The molecule has 2 aromatic rings. The Morgan fingerprint density at radius 3 is 2.60 bits per heavy atom. The molecule has 0 saturated carbocycles. The molecule has 106 valence electrons. The Morgan fingerprint density at radius 2 is 1.95 bits per heavy atom. The summed E-state index contributed by atoms with van der Waals surface area (Å²) in [6, 6.07) is 10.3. The molecule has 0 amide bonds. The molecule has 0 aliphatic carbocycles. The minimum Gasteiger partial charge on any atom is -0.207 e. The van der Waals surface area contributed by atoms with Gasteiger partial charge in [0.1, 0.15) is 5.82 Å². The molecule has 0 bridgehead atoms. The van der Waals surface area contributed by atoms with E-state index < -0.39 is 15.8 Å². The lowest BCUT2D eigenvalue weighted by Crippen LogP contribution is -2.23. The number of nitrogens with one attached hydrogen (secondary N) is 1. The van der Waals surface area contributed by atoms with E-state index in [4.69, 9.17) is 11.6 Å². The van der Waals surface area contributed by atoms with E-state index in [0.29, 0.717) is 5.02 Å². The Labute approximate surface area is 130 Å². The fourth-order valence-electron chi connectivity index (χ4n) is 1.60. The molecule has 2 rings (SSSR count). The number of hydrogen-bond acceptors (Lipinski definition) is 2. The van der Waals surface area contributed by atoms with E-state index in [-0.39, 0.29) is 15.9 Å². The maximum atomic E-state index is 13.0. The van der Waals surface area contributed by atoms with Gasteiger partial charge in [0.05, 0.1) is 4.90 Å². The van der Waals surface area contributed by atoms with Crippen LogP contribution in [0.25, 0.3) is 0 Å². The molecule has 0 saturated heterocycles. The highest BCUT2D eigenvalue weighted by Crippen LogP contribution is 2.23. The van der Waals surface area contributed by atoms with Gasteiger partial charge in [-0.15, -0.1) is 0 Å². The largest absolute Gasteiger partial charge is 0.241 e. The van der Waals surface area contributed by atoms with Gasteiger partial charge in [0, 0.05) is 16.0 Å². The zero-order valence-corrected chi connectivity index (χ0v) is 13.3. The van der Waals surface area contributed by atoms with Crippen LogP contribution in [-0.4, -0.2) is 8.42 Å². The summed E-state index contributed by atoms with van der Waals surface area (Å²) in [5.74, 6) is -0.509. The van der Waals surface area contributed by atoms with Crippen molar-refractivity contribution in [2.24, 2.45) is 0 Å². The average Bonchev–Trinajstić information content (AvgIpc) is 2.36. The topological polar surface area (TPSA) is 46.2 Å². The molecular formula is C13H10BrClFNO2S. The summed E-state index contributed by atoms with van der Waals surface area (Å²) in [6.45, 7) is 0.104. The van der Waals surface area contributed by atoms with Gasteiger partial charge in [-0.1, -0.05) is 23.7 Å². The summed E-state index contributed by atoms with van der Waals surface area (Å²) < 4.78 is 39.8. The summed E-state index contributed by atoms with van der Waals surface area (Å²) in [6.07, 6.45) is 0. The quantitative estimate of drug-likeness (QED) is 0.881. The van der Waals surface area contributed by atoms with Crippen LogP contribution in [-0.2, 0) is 16.6 Å². The molecule has 0 aliphatic rings. The predicted molar refractivity (Wildman–Crippen MR) is 79.6 cm³/mol. The second kappa shape index (κ2) is 6.22. The molecule has 3 nitrogen and oxygen atoms in total. The highest BCUT2D eigenvalue weighted by molar-refractivity contribution is 9.10. The standard InChI is InChI=1S/C13H10BrClFNO2S/c14-12-7-11(16)4-5-13(12)20(18,19)17-8-9-2-1-3-10(15)6-9/h1-7,17H,8H2. The first-order valence-electron chi connectivity index (χ1n) is 5.58. The Balaban J connectivity index is 2.19. The van der Waals surface area contributed by atoms with Gasteiger partial charge in [-0.2, -0.15) is 0 Å². The van der Waals surface area contributed by atoms with Crippen LogP contribution in [0.1, 0.15) is 5.56 Å². The molecule has 0 atom stereocenters. The summed E-state index contributed by atoms with van der Waals surface area (Å²) in [5.41, 5.74) is 0.735. The zero-order chi connectivity index (χ0) is 14.8. The molecule has 20 heavy (non-hydrogen) atoms. The molecule has 0 heterocycles. The Kier molecular flexibility index (Phi) is 4.80. The lowest BCUT2D eigenvalue weighted by molar-refractivity contribution is 0.579. The summed E-state index contributed by atoms with van der Waals surface area (Å²) in [7, 11) is -3.73. The van der Waals surface area contributed by atoms with Crippen LogP contribution in [0.5, 0.6) is 0 Å². The fraction of sp³-hybridized carbons (Fsp3) is 0.0769. The van der Waals surface area contributed by atoms with Gasteiger partial charge in [0.15, 0.2) is 0 Å². The van der Waals surface area contributed by atoms with Crippen molar-refractivity contribution in [1.82, 2.24) is 4.72 Å². The monoisotopic (exact) mass is 377 g/mol. The Morgan fingerprint density at radius 1 is 1.20 bits per heavy atom. The Hall–Kier alpha value is -0.950. The maximum absolute atomic E-state index is 13.0. The van der Waals surface area contributed by atoms with Crippen LogP contribution in [0.4, 0.5) is 4.39 Å². The minimum absolute atomic E-state index is 0.0130. The molecular weight excluding hydrogens is 369 g/mol. The van der Waals surface area contributed by atoms with Crippen molar-refractivity contribution in [1.29, 1.82) is 0 Å². The summed E-state index contributed by atoms with van der Waals surface area (Å²) in [4.78, 5) is -0.0130. The van der Waals surface area contributed by atoms with Gasteiger partial charge in [-0.05, 0) is 51.8 Å². The second-order valence-corrected chi connectivity index (χ2v) is 7.06. The first kappa shape index (κ1) is 15.4. The van der Waals surface area contributed by atoms with Crippen LogP contribution in [0.3, 0.4) is 0 Å². The molecule has 0 spiro atoms. The molecule has 0 radical (unpaired) electrons. The normalized spacial score (nSPS) is 11.6. The molecule has 0 aromatic heterocycles. The van der Waals surface area contributed by atoms with E-state index >= 15 is 0 Å². The lowest BCUT2D eigenvalue weighted by Gasteiger charge is -2.09. The highest BCUT2D eigenvalue weighted by atomic mass is 79.9. The third-order valence-corrected chi connectivity index (χ3v) is 5.15. The van der Waals surface area contributed by atoms with Gasteiger partial charge in [-0.25, -0.2) is 17.5 Å². The van der Waals surface area contributed by atoms with Crippen LogP contribution < -0.4 is 4.72 Å². The van der Waals surface area contributed by atoms with E-state index in [0.717, 1.165) is 17.7 Å². The van der Waals surface area contributed by atoms with Gasteiger partial charge in [-0.3, -0.25) is 0 Å². The van der Waals surface area contributed by atoms with Crippen molar-refractivity contribution in [3.8, 4) is 0 Å². The highest BCUT2D eigenvalue weighted by Gasteiger charge is 2.17. The van der Waals surface area contributed by atoms with Crippen molar-refractivity contribution in [2.75, 3.05) is 0 Å². The maximum Gasteiger partial charge on any atom is 0.241 e.